The molecule has 1 heterocycles. The molecule has 1 aromatic heterocycles. The molecule has 0 radical (unpaired) electrons. The predicted octanol–water partition coefficient (Wildman–Crippen LogP) is 1.01. The van der Waals surface area contributed by atoms with E-state index in [9.17, 15) is 10.1 Å². The molecule has 0 amide bonds. The molecule has 8 heteroatoms. The van der Waals surface area contributed by atoms with E-state index < -0.39 is 4.92 Å². The maximum Gasteiger partial charge on any atom is 0.301 e. The number of methoxy groups -OCH3 is 1. The van der Waals surface area contributed by atoms with Crippen LogP contribution in [0.2, 0.25) is 0 Å². The fourth-order valence-corrected chi connectivity index (χ4v) is 1.88. The van der Waals surface area contributed by atoms with Gasteiger partial charge >= 0.3 is 5.69 Å². The van der Waals surface area contributed by atoms with Gasteiger partial charge in [0.05, 0.1) is 11.5 Å². The number of hydrogen-bond acceptors (Lipinski definition) is 7. The average molecular weight is 244 g/mol. The molecule has 0 aliphatic rings. The van der Waals surface area contributed by atoms with Gasteiger partial charge in [-0.2, -0.15) is 0 Å². The lowest BCUT2D eigenvalue weighted by Crippen LogP contribution is -2.09. The molecule has 16 heavy (non-hydrogen) atoms. The Kier molecular flexibility index (Phi) is 4.96. The number of pyridine rings is 1. The van der Waals surface area contributed by atoms with Crippen LogP contribution in [0.5, 0.6) is 0 Å². The highest BCUT2D eigenvalue weighted by molar-refractivity contribution is 7.99. The summed E-state index contributed by atoms with van der Waals surface area (Å²) in [4.78, 5) is 14.3. The number of aromatic nitrogens is 1. The number of nitrogen functional groups attached to an aromatic ring is 1. The van der Waals surface area contributed by atoms with E-state index in [-0.39, 0.29) is 5.69 Å². The van der Waals surface area contributed by atoms with E-state index in [2.05, 4.69) is 10.4 Å². The van der Waals surface area contributed by atoms with Crippen LogP contribution < -0.4 is 11.3 Å². The third kappa shape index (κ3) is 3.33. The highest BCUT2D eigenvalue weighted by Gasteiger charge is 2.15. The largest absolute Gasteiger partial charge is 0.384 e. The van der Waals surface area contributed by atoms with Crippen molar-refractivity contribution in [2.75, 3.05) is 24.9 Å². The van der Waals surface area contributed by atoms with Gasteiger partial charge in [0.1, 0.15) is 5.82 Å². The van der Waals surface area contributed by atoms with Crippen molar-refractivity contribution in [2.24, 2.45) is 5.84 Å². The van der Waals surface area contributed by atoms with Gasteiger partial charge in [0.2, 0.25) is 0 Å². The molecule has 0 aliphatic carbocycles. The van der Waals surface area contributed by atoms with E-state index in [1.54, 1.807) is 7.11 Å². The number of nitrogens with zero attached hydrogens (tertiary/aromatic N) is 2. The van der Waals surface area contributed by atoms with Crippen LogP contribution in [0.3, 0.4) is 0 Å². The fraction of sp³-hybridized carbons (Fsp3) is 0.375. The summed E-state index contributed by atoms with van der Waals surface area (Å²) in [6.07, 6.45) is 0. The Morgan fingerprint density at radius 3 is 3.00 bits per heavy atom. The number of rotatable bonds is 6. The first-order valence-electron chi connectivity index (χ1n) is 4.43. The molecule has 1 rings (SSSR count). The van der Waals surface area contributed by atoms with Gasteiger partial charge in [0, 0.05) is 18.9 Å². The minimum atomic E-state index is -0.470. The van der Waals surface area contributed by atoms with Crippen LogP contribution in [0, 0.1) is 10.1 Å². The molecule has 88 valence electrons. The monoisotopic (exact) mass is 244 g/mol. The Morgan fingerprint density at radius 2 is 2.44 bits per heavy atom. The van der Waals surface area contributed by atoms with Crippen molar-refractivity contribution in [3.8, 4) is 0 Å². The molecular weight excluding hydrogens is 232 g/mol. The van der Waals surface area contributed by atoms with E-state index in [1.807, 2.05) is 0 Å². The standard InChI is InChI=1S/C8H12N4O3S/c1-15-4-5-16-8-6(12(13)14)2-3-7(10-8)11-9/h2-3H,4-5,9H2,1H3,(H,10,11). The number of nitro groups is 1. The van der Waals surface area contributed by atoms with Crippen molar-refractivity contribution < 1.29 is 9.66 Å². The summed E-state index contributed by atoms with van der Waals surface area (Å²) in [6.45, 7) is 0.504. The van der Waals surface area contributed by atoms with Gasteiger partial charge in [-0.15, -0.1) is 0 Å². The Balaban J connectivity index is 2.87. The van der Waals surface area contributed by atoms with Crippen LogP contribution in [0.1, 0.15) is 0 Å². The molecular formula is C8H12N4O3S. The molecule has 0 fully saturated rings. The van der Waals surface area contributed by atoms with Crippen LogP contribution in [-0.2, 0) is 4.74 Å². The quantitative estimate of drug-likeness (QED) is 0.253. The van der Waals surface area contributed by atoms with Gasteiger partial charge in [-0.05, 0) is 6.07 Å². The number of nitrogens with one attached hydrogen (secondary N) is 1. The lowest BCUT2D eigenvalue weighted by atomic mass is 10.4. The van der Waals surface area contributed by atoms with Crippen LogP contribution in [0.25, 0.3) is 0 Å². The van der Waals surface area contributed by atoms with Crippen molar-refractivity contribution in [1.29, 1.82) is 0 Å². The first-order chi connectivity index (χ1) is 7.69. The van der Waals surface area contributed by atoms with E-state index in [0.717, 1.165) is 0 Å². The Bertz CT molecular complexity index is 374. The molecule has 3 N–H and O–H groups in total. The fourth-order valence-electron chi connectivity index (χ4n) is 0.980. The summed E-state index contributed by atoms with van der Waals surface area (Å²) in [5, 5.41) is 11.1. The molecule has 1 aromatic rings. The molecule has 0 aliphatic heterocycles. The first-order valence-corrected chi connectivity index (χ1v) is 5.41. The summed E-state index contributed by atoms with van der Waals surface area (Å²) in [7, 11) is 1.57. The SMILES string of the molecule is COCCSc1nc(NN)ccc1[N+](=O)[O-]. The van der Waals surface area contributed by atoms with Crippen LogP contribution in [0.4, 0.5) is 11.5 Å². The van der Waals surface area contributed by atoms with Crippen molar-refractivity contribution >= 4 is 23.3 Å². The molecule has 0 unspecified atom stereocenters. The van der Waals surface area contributed by atoms with Crippen LogP contribution in [-0.4, -0.2) is 29.4 Å². The molecule has 7 nitrogen and oxygen atoms in total. The van der Waals surface area contributed by atoms with Crippen molar-refractivity contribution in [3.63, 3.8) is 0 Å². The van der Waals surface area contributed by atoms with Gasteiger partial charge in [0.15, 0.2) is 5.03 Å². The smallest absolute Gasteiger partial charge is 0.301 e. The Labute approximate surface area is 96.5 Å². The summed E-state index contributed by atoms with van der Waals surface area (Å²) >= 11 is 1.26. The third-order valence-electron chi connectivity index (χ3n) is 1.71. The van der Waals surface area contributed by atoms with Crippen molar-refractivity contribution in [2.45, 2.75) is 5.03 Å². The van der Waals surface area contributed by atoms with Gasteiger partial charge in [-0.25, -0.2) is 10.8 Å². The van der Waals surface area contributed by atoms with Crippen LogP contribution in [0.15, 0.2) is 17.2 Å². The number of anilines is 1. The maximum absolute atomic E-state index is 10.7. The number of nitrogens with two attached hydrogens (primary N) is 1. The van der Waals surface area contributed by atoms with Gasteiger partial charge < -0.3 is 10.2 Å². The summed E-state index contributed by atoms with van der Waals surface area (Å²) in [5.74, 6) is 6.17. The molecule has 0 bridgehead atoms. The zero-order valence-corrected chi connectivity index (χ0v) is 9.49. The molecule has 0 aromatic carbocycles. The van der Waals surface area contributed by atoms with E-state index >= 15 is 0 Å². The topological polar surface area (TPSA) is 103 Å². The second-order valence-electron chi connectivity index (χ2n) is 2.76. The molecule has 0 atom stereocenters. The lowest BCUT2D eigenvalue weighted by Gasteiger charge is -2.04. The lowest BCUT2D eigenvalue weighted by molar-refractivity contribution is -0.388. The Morgan fingerprint density at radius 1 is 1.69 bits per heavy atom. The third-order valence-corrected chi connectivity index (χ3v) is 2.66. The highest BCUT2D eigenvalue weighted by atomic mass is 32.2. The van der Waals surface area contributed by atoms with E-state index in [1.165, 1.54) is 23.9 Å². The molecule has 0 saturated heterocycles. The van der Waals surface area contributed by atoms with E-state index in [4.69, 9.17) is 10.6 Å². The second-order valence-corrected chi connectivity index (χ2v) is 3.85. The second kappa shape index (κ2) is 6.26. The number of hydrogen-bond donors (Lipinski definition) is 2. The normalized spacial score (nSPS) is 10.1. The molecule has 0 saturated carbocycles. The zero-order valence-electron chi connectivity index (χ0n) is 8.67. The maximum atomic E-state index is 10.7. The van der Waals surface area contributed by atoms with Crippen molar-refractivity contribution in [3.05, 3.63) is 22.2 Å². The van der Waals surface area contributed by atoms with Gasteiger partial charge in [0.25, 0.3) is 0 Å². The van der Waals surface area contributed by atoms with Crippen molar-refractivity contribution in [1.82, 2.24) is 4.98 Å². The first kappa shape index (κ1) is 12.7. The zero-order chi connectivity index (χ0) is 12.0. The minimum absolute atomic E-state index is 0.0277. The number of ether oxygens (including phenoxy) is 1. The highest BCUT2D eigenvalue weighted by Crippen LogP contribution is 2.28. The molecule has 0 spiro atoms. The number of hydrazine groups is 1. The minimum Gasteiger partial charge on any atom is -0.384 e. The Hall–Kier alpha value is -1.38. The van der Waals surface area contributed by atoms with Gasteiger partial charge in [-0.1, -0.05) is 11.8 Å². The van der Waals surface area contributed by atoms with Crippen LogP contribution >= 0.6 is 11.8 Å². The predicted molar refractivity (Wildman–Crippen MR) is 61.3 cm³/mol. The van der Waals surface area contributed by atoms with Gasteiger partial charge in [-0.3, -0.25) is 10.1 Å². The van der Waals surface area contributed by atoms with E-state index in [0.29, 0.717) is 23.2 Å². The average Bonchev–Trinajstić information content (AvgIpc) is 2.29. The summed E-state index contributed by atoms with van der Waals surface area (Å²) in [6, 6.07) is 2.83. The number of thioether (sulfide) groups is 1. The summed E-state index contributed by atoms with van der Waals surface area (Å²) in [5.41, 5.74) is 2.32. The summed E-state index contributed by atoms with van der Waals surface area (Å²) < 4.78 is 4.86.